The first-order valence-corrected chi connectivity index (χ1v) is 8.28. The molecular formula is C20H21FN2O2. The Labute approximate surface area is 146 Å². The Balaban J connectivity index is 1.75. The van der Waals surface area contributed by atoms with Crippen LogP contribution in [0.4, 0.5) is 4.39 Å². The van der Waals surface area contributed by atoms with Crippen LogP contribution in [0.25, 0.3) is 11.5 Å². The van der Waals surface area contributed by atoms with E-state index in [0.29, 0.717) is 12.4 Å². The zero-order valence-electron chi connectivity index (χ0n) is 14.1. The predicted octanol–water partition coefficient (Wildman–Crippen LogP) is 3.87. The number of hydrogen-bond donors (Lipinski definition) is 2. The lowest BCUT2D eigenvalue weighted by molar-refractivity contribution is 0.153. The summed E-state index contributed by atoms with van der Waals surface area (Å²) in [5.74, 6) is 0.151. The Bertz CT molecular complexity index is 796. The van der Waals surface area contributed by atoms with Crippen molar-refractivity contribution in [1.82, 2.24) is 10.3 Å². The second-order valence-corrected chi connectivity index (χ2v) is 5.96. The van der Waals surface area contributed by atoms with Gasteiger partial charge in [0.2, 0.25) is 5.89 Å². The van der Waals surface area contributed by atoms with E-state index in [0.717, 1.165) is 23.2 Å². The van der Waals surface area contributed by atoms with Crippen molar-refractivity contribution >= 4 is 0 Å². The zero-order chi connectivity index (χ0) is 17.7. The third-order valence-corrected chi connectivity index (χ3v) is 4.45. The second kappa shape index (κ2) is 7.59. The summed E-state index contributed by atoms with van der Waals surface area (Å²) in [6.07, 6.45) is 2.31. The summed E-state index contributed by atoms with van der Waals surface area (Å²) in [5.41, 5.74) is 1.94. The molecule has 0 amide bonds. The van der Waals surface area contributed by atoms with E-state index < -0.39 is 5.54 Å². The third kappa shape index (κ3) is 3.78. The number of rotatable bonds is 7. The highest BCUT2D eigenvalue weighted by Gasteiger charge is 2.29. The molecule has 0 saturated carbocycles. The molecule has 1 aromatic heterocycles. The molecular weight excluding hydrogens is 319 g/mol. The van der Waals surface area contributed by atoms with Crippen molar-refractivity contribution in [1.29, 1.82) is 0 Å². The van der Waals surface area contributed by atoms with Gasteiger partial charge in [0.1, 0.15) is 12.1 Å². The molecule has 25 heavy (non-hydrogen) atoms. The van der Waals surface area contributed by atoms with E-state index in [1.165, 1.54) is 12.1 Å². The molecule has 0 radical (unpaired) electrons. The number of hydrogen-bond acceptors (Lipinski definition) is 4. The number of nitrogens with one attached hydrogen (secondary N) is 1. The molecule has 130 valence electrons. The lowest BCUT2D eigenvalue weighted by Gasteiger charge is -2.32. The van der Waals surface area contributed by atoms with Gasteiger partial charge in [0.25, 0.3) is 0 Å². The fraction of sp³-hybridized carbons (Fsp3) is 0.250. The highest BCUT2D eigenvalue weighted by molar-refractivity contribution is 5.52. The number of benzene rings is 2. The maximum Gasteiger partial charge on any atom is 0.226 e. The molecule has 0 unspecified atom stereocenters. The van der Waals surface area contributed by atoms with Crippen LogP contribution in [0.1, 0.15) is 24.6 Å². The van der Waals surface area contributed by atoms with Gasteiger partial charge < -0.3 is 9.52 Å². The molecule has 0 aliphatic rings. The van der Waals surface area contributed by atoms with Crippen molar-refractivity contribution < 1.29 is 13.9 Å². The average Bonchev–Trinajstić information content (AvgIpc) is 3.13. The molecule has 0 bridgehead atoms. The largest absolute Gasteiger partial charge is 0.444 e. The summed E-state index contributed by atoms with van der Waals surface area (Å²) >= 11 is 0. The van der Waals surface area contributed by atoms with Crippen molar-refractivity contribution in [2.75, 3.05) is 6.61 Å². The number of aliphatic hydroxyl groups excluding tert-OH is 1. The van der Waals surface area contributed by atoms with Crippen LogP contribution in [0, 0.1) is 5.82 Å². The topological polar surface area (TPSA) is 58.3 Å². The summed E-state index contributed by atoms with van der Waals surface area (Å²) in [6.45, 7) is 2.47. The minimum atomic E-state index is -0.531. The summed E-state index contributed by atoms with van der Waals surface area (Å²) < 4.78 is 18.5. The van der Waals surface area contributed by atoms with Gasteiger partial charge in [-0.3, -0.25) is 5.32 Å². The van der Waals surface area contributed by atoms with Gasteiger partial charge in [0.15, 0.2) is 0 Å². The van der Waals surface area contributed by atoms with E-state index >= 15 is 0 Å². The minimum absolute atomic E-state index is 0.0177. The van der Waals surface area contributed by atoms with Crippen LogP contribution < -0.4 is 5.32 Å². The van der Waals surface area contributed by atoms with Gasteiger partial charge in [-0.25, -0.2) is 9.37 Å². The zero-order valence-corrected chi connectivity index (χ0v) is 14.1. The highest BCUT2D eigenvalue weighted by atomic mass is 19.1. The molecule has 3 rings (SSSR count). The normalized spacial score (nSPS) is 13.6. The van der Waals surface area contributed by atoms with Gasteiger partial charge in [-0.15, -0.1) is 0 Å². The van der Waals surface area contributed by atoms with Gasteiger partial charge in [-0.1, -0.05) is 37.3 Å². The second-order valence-electron chi connectivity index (χ2n) is 5.96. The molecule has 0 fully saturated rings. The van der Waals surface area contributed by atoms with Crippen LogP contribution in [0.2, 0.25) is 0 Å². The van der Waals surface area contributed by atoms with E-state index in [1.54, 1.807) is 18.4 Å². The molecule has 1 atom stereocenters. The number of aromatic nitrogens is 1. The van der Waals surface area contributed by atoms with E-state index in [4.69, 9.17) is 4.42 Å². The van der Waals surface area contributed by atoms with Crippen molar-refractivity contribution in [3.8, 4) is 11.5 Å². The number of oxazole rings is 1. The highest BCUT2D eigenvalue weighted by Crippen LogP contribution is 2.25. The fourth-order valence-corrected chi connectivity index (χ4v) is 2.82. The van der Waals surface area contributed by atoms with Crippen molar-refractivity contribution in [2.45, 2.75) is 25.4 Å². The standard InChI is InChI=1S/C20H21FN2O2/c1-2-20(14-24,16-6-4-3-5-7-16)22-12-18-13-25-19(23-18)15-8-10-17(21)11-9-15/h3-11,13,22,24H,2,12,14H2,1H3/t20-/m0/s1. The first-order chi connectivity index (χ1) is 12.2. The summed E-state index contributed by atoms with van der Waals surface area (Å²) in [5, 5.41) is 13.4. The molecule has 2 aromatic carbocycles. The molecule has 0 aliphatic carbocycles. The lowest BCUT2D eigenvalue weighted by Crippen LogP contribution is -2.44. The van der Waals surface area contributed by atoms with Crippen molar-refractivity contribution in [3.63, 3.8) is 0 Å². The van der Waals surface area contributed by atoms with Crippen LogP contribution >= 0.6 is 0 Å². The molecule has 2 N–H and O–H groups in total. The lowest BCUT2D eigenvalue weighted by atomic mass is 9.88. The number of nitrogens with zero attached hydrogens (tertiary/aromatic N) is 1. The Hall–Kier alpha value is -2.50. The maximum absolute atomic E-state index is 13.0. The SMILES string of the molecule is CC[C@@](CO)(NCc1coc(-c2ccc(F)cc2)n1)c1ccccc1. The smallest absolute Gasteiger partial charge is 0.226 e. The fourth-order valence-electron chi connectivity index (χ4n) is 2.82. The van der Waals surface area contributed by atoms with E-state index in [2.05, 4.69) is 10.3 Å². The summed E-state index contributed by atoms with van der Waals surface area (Å²) in [7, 11) is 0. The Morgan fingerprint density at radius 2 is 1.84 bits per heavy atom. The molecule has 0 spiro atoms. The van der Waals surface area contributed by atoms with Crippen LogP contribution in [0.3, 0.4) is 0 Å². The number of halogens is 1. The van der Waals surface area contributed by atoms with E-state index in [9.17, 15) is 9.50 Å². The molecule has 3 aromatic rings. The van der Waals surface area contributed by atoms with Crippen molar-refractivity contribution in [2.24, 2.45) is 0 Å². The summed E-state index contributed by atoms with van der Waals surface area (Å²) in [6, 6.07) is 15.9. The van der Waals surface area contributed by atoms with Crippen LogP contribution in [0.15, 0.2) is 65.3 Å². The Kier molecular flexibility index (Phi) is 5.26. The quantitative estimate of drug-likeness (QED) is 0.685. The average molecular weight is 340 g/mol. The molecule has 0 saturated heterocycles. The van der Waals surface area contributed by atoms with Gasteiger partial charge >= 0.3 is 0 Å². The molecule has 1 heterocycles. The van der Waals surface area contributed by atoms with Gasteiger partial charge in [0, 0.05) is 12.1 Å². The first-order valence-electron chi connectivity index (χ1n) is 8.28. The van der Waals surface area contributed by atoms with E-state index in [1.807, 2.05) is 37.3 Å². The van der Waals surface area contributed by atoms with Gasteiger partial charge in [0.05, 0.1) is 17.8 Å². The number of aliphatic hydroxyl groups is 1. The molecule has 5 heteroatoms. The van der Waals surface area contributed by atoms with Gasteiger partial charge in [-0.05, 0) is 36.2 Å². The van der Waals surface area contributed by atoms with Crippen LogP contribution in [-0.2, 0) is 12.1 Å². The summed E-state index contributed by atoms with van der Waals surface area (Å²) in [4.78, 5) is 4.44. The maximum atomic E-state index is 13.0. The predicted molar refractivity (Wildman–Crippen MR) is 94.2 cm³/mol. The molecule has 4 nitrogen and oxygen atoms in total. The van der Waals surface area contributed by atoms with Crippen molar-refractivity contribution in [3.05, 3.63) is 77.9 Å². The first kappa shape index (κ1) is 17.3. The van der Waals surface area contributed by atoms with Crippen LogP contribution in [-0.4, -0.2) is 16.7 Å². The van der Waals surface area contributed by atoms with E-state index in [-0.39, 0.29) is 12.4 Å². The minimum Gasteiger partial charge on any atom is -0.444 e. The Morgan fingerprint density at radius 3 is 2.48 bits per heavy atom. The van der Waals surface area contributed by atoms with Crippen LogP contribution in [0.5, 0.6) is 0 Å². The third-order valence-electron chi connectivity index (χ3n) is 4.45. The van der Waals surface area contributed by atoms with Gasteiger partial charge in [-0.2, -0.15) is 0 Å². The molecule has 0 aliphatic heterocycles. The monoisotopic (exact) mass is 340 g/mol. The Morgan fingerprint density at radius 1 is 1.12 bits per heavy atom.